The third-order valence-electron chi connectivity index (χ3n) is 2.92. The molecule has 88 valence electrons. The molecule has 0 N–H and O–H groups in total. The van der Waals surface area contributed by atoms with E-state index in [9.17, 15) is 4.79 Å². The number of nitrogens with zero attached hydrogens (tertiary/aromatic N) is 1. The standard InChI is InChI=1S/C10H15NO2.CO2/c1-9(2,3)10(11-4)6-7(10)8(12)13-5;2-1-3/h7H,6H2,1-3,5H3;/t7-,10-;/m0./s1. The lowest BCUT2D eigenvalue weighted by atomic mass is 9.83. The first-order valence-electron chi connectivity index (χ1n) is 4.76. The Morgan fingerprint density at radius 1 is 1.50 bits per heavy atom. The molecule has 0 spiro atoms. The summed E-state index contributed by atoms with van der Waals surface area (Å²) in [7, 11) is 1.37. The number of ether oxygens (including phenoxy) is 1. The first-order chi connectivity index (χ1) is 7.30. The smallest absolute Gasteiger partial charge is 0.373 e. The van der Waals surface area contributed by atoms with Gasteiger partial charge in [-0.3, -0.25) is 4.79 Å². The van der Waals surface area contributed by atoms with Crippen molar-refractivity contribution in [2.24, 2.45) is 11.3 Å². The molecule has 0 aliphatic heterocycles. The second-order valence-corrected chi connectivity index (χ2v) is 4.65. The van der Waals surface area contributed by atoms with Gasteiger partial charge in [-0.15, -0.1) is 0 Å². The van der Waals surface area contributed by atoms with Gasteiger partial charge < -0.3 is 9.58 Å². The quantitative estimate of drug-likeness (QED) is 0.498. The summed E-state index contributed by atoms with van der Waals surface area (Å²) in [6, 6.07) is 0. The average molecular weight is 225 g/mol. The fraction of sp³-hybridized carbons (Fsp3) is 0.727. The first-order valence-corrected chi connectivity index (χ1v) is 4.76. The van der Waals surface area contributed by atoms with Crippen LogP contribution in [0.5, 0.6) is 0 Å². The van der Waals surface area contributed by atoms with Crippen LogP contribution in [-0.2, 0) is 19.1 Å². The van der Waals surface area contributed by atoms with Crippen molar-refractivity contribution in [1.29, 1.82) is 0 Å². The highest BCUT2D eigenvalue weighted by molar-refractivity contribution is 5.79. The fourth-order valence-corrected chi connectivity index (χ4v) is 1.79. The van der Waals surface area contributed by atoms with E-state index < -0.39 is 5.54 Å². The number of methoxy groups -OCH3 is 1. The SMILES string of the molecule is O=C=O.[C-]#[N+][C@@]1(C(C)(C)C)C[C@H]1C(=O)OC. The average Bonchev–Trinajstić information content (AvgIpc) is 2.92. The van der Waals surface area contributed by atoms with Gasteiger partial charge in [-0.1, -0.05) is 20.8 Å². The maximum absolute atomic E-state index is 11.2. The highest BCUT2D eigenvalue weighted by Crippen LogP contribution is 2.58. The Morgan fingerprint density at radius 3 is 2.12 bits per heavy atom. The second kappa shape index (κ2) is 4.91. The van der Waals surface area contributed by atoms with Gasteiger partial charge >= 0.3 is 12.1 Å². The molecule has 0 radical (unpaired) electrons. The fourth-order valence-electron chi connectivity index (χ4n) is 1.79. The van der Waals surface area contributed by atoms with Gasteiger partial charge in [-0.2, -0.15) is 9.59 Å². The van der Waals surface area contributed by atoms with Crippen LogP contribution in [0.15, 0.2) is 0 Å². The van der Waals surface area contributed by atoms with Crippen molar-refractivity contribution in [1.82, 2.24) is 0 Å². The molecule has 0 amide bonds. The van der Waals surface area contributed by atoms with Gasteiger partial charge in [0.25, 0.3) is 5.54 Å². The van der Waals surface area contributed by atoms with E-state index in [0.717, 1.165) is 0 Å². The van der Waals surface area contributed by atoms with Gasteiger partial charge in [-0.05, 0) is 0 Å². The molecule has 1 fully saturated rings. The predicted octanol–water partition coefficient (Wildman–Crippen LogP) is 1.30. The largest absolute Gasteiger partial charge is 0.469 e. The Labute approximate surface area is 94.6 Å². The number of rotatable bonds is 1. The van der Waals surface area contributed by atoms with Crippen molar-refractivity contribution >= 4 is 12.1 Å². The summed E-state index contributed by atoms with van der Waals surface area (Å²) in [5, 5.41) is 0. The number of esters is 1. The van der Waals surface area contributed by atoms with Crippen LogP contribution in [0.4, 0.5) is 0 Å². The van der Waals surface area contributed by atoms with Crippen LogP contribution in [0.2, 0.25) is 0 Å². The van der Waals surface area contributed by atoms with E-state index in [4.69, 9.17) is 16.2 Å². The minimum Gasteiger partial charge on any atom is -0.469 e. The van der Waals surface area contributed by atoms with E-state index in [1.165, 1.54) is 7.11 Å². The monoisotopic (exact) mass is 225 g/mol. The summed E-state index contributed by atoms with van der Waals surface area (Å²) in [6.45, 7) is 13.1. The van der Waals surface area contributed by atoms with E-state index in [1.54, 1.807) is 0 Å². The van der Waals surface area contributed by atoms with Crippen LogP contribution in [0.1, 0.15) is 27.2 Å². The molecule has 0 saturated heterocycles. The molecule has 0 aromatic heterocycles. The van der Waals surface area contributed by atoms with E-state index in [2.05, 4.69) is 9.58 Å². The molecule has 2 atom stereocenters. The summed E-state index contributed by atoms with van der Waals surface area (Å²) >= 11 is 0. The van der Waals surface area contributed by atoms with Gasteiger partial charge in [0.15, 0.2) is 0 Å². The molecular weight excluding hydrogens is 210 g/mol. The molecule has 5 nitrogen and oxygen atoms in total. The Kier molecular flexibility index (Phi) is 4.40. The lowest BCUT2D eigenvalue weighted by molar-refractivity contribution is -0.191. The Bertz CT molecular complexity index is 344. The summed E-state index contributed by atoms with van der Waals surface area (Å²) in [6.07, 6.45) is 0.896. The first kappa shape index (κ1) is 14.3. The minimum absolute atomic E-state index is 0.145. The van der Waals surface area contributed by atoms with Gasteiger partial charge in [0.05, 0.1) is 7.11 Å². The van der Waals surface area contributed by atoms with Crippen LogP contribution >= 0.6 is 0 Å². The molecule has 0 unspecified atom stereocenters. The van der Waals surface area contributed by atoms with Crippen LogP contribution in [0.25, 0.3) is 4.85 Å². The van der Waals surface area contributed by atoms with Gasteiger partial charge in [0.1, 0.15) is 5.92 Å². The maximum atomic E-state index is 11.2. The normalized spacial score (nSPS) is 26.6. The van der Waals surface area contributed by atoms with Crippen LogP contribution in [-0.4, -0.2) is 24.8 Å². The zero-order chi connectivity index (χ0) is 13.0. The summed E-state index contributed by atoms with van der Waals surface area (Å²) in [4.78, 5) is 31.1. The molecule has 1 rings (SSSR count). The van der Waals surface area contributed by atoms with Gasteiger partial charge in [0.2, 0.25) is 0 Å². The van der Waals surface area contributed by atoms with Gasteiger partial charge in [0, 0.05) is 11.8 Å². The van der Waals surface area contributed by atoms with E-state index >= 15 is 0 Å². The zero-order valence-corrected chi connectivity index (χ0v) is 9.86. The van der Waals surface area contributed by atoms with Crippen molar-refractivity contribution in [2.75, 3.05) is 7.11 Å². The van der Waals surface area contributed by atoms with Crippen molar-refractivity contribution in [3.8, 4) is 0 Å². The predicted molar refractivity (Wildman–Crippen MR) is 53.9 cm³/mol. The summed E-state index contributed by atoms with van der Waals surface area (Å²) < 4.78 is 4.64. The maximum Gasteiger partial charge on any atom is 0.373 e. The highest BCUT2D eigenvalue weighted by Gasteiger charge is 2.73. The van der Waals surface area contributed by atoms with Crippen LogP contribution in [0, 0.1) is 17.9 Å². The minimum atomic E-state index is -0.514. The number of hydrogen-bond donors (Lipinski definition) is 0. The second-order valence-electron chi connectivity index (χ2n) is 4.65. The van der Waals surface area contributed by atoms with E-state index in [1.807, 2.05) is 20.8 Å². The Morgan fingerprint density at radius 2 is 1.94 bits per heavy atom. The van der Waals surface area contributed by atoms with Crippen LogP contribution < -0.4 is 0 Å². The molecule has 1 saturated carbocycles. The third-order valence-corrected chi connectivity index (χ3v) is 2.92. The molecule has 0 bridgehead atoms. The van der Waals surface area contributed by atoms with E-state index in [0.29, 0.717) is 6.42 Å². The van der Waals surface area contributed by atoms with Crippen molar-refractivity contribution < 1.29 is 19.1 Å². The lowest BCUT2D eigenvalue weighted by Gasteiger charge is -2.20. The zero-order valence-electron chi connectivity index (χ0n) is 9.86. The lowest BCUT2D eigenvalue weighted by Crippen LogP contribution is -2.29. The molecular formula is C11H15NO4. The van der Waals surface area contributed by atoms with E-state index in [-0.39, 0.29) is 23.5 Å². The molecule has 0 aromatic rings. The number of carbonyl (C=O) groups excluding carboxylic acids is 3. The van der Waals surface area contributed by atoms with Crippen molar-refractivity contribution in [2.45, 2.75) is 32.7 Å². The number of hydrogen-bond acceptors (Lipinski definition) is 4. The molecule has 0 heterocycles. The molecule has 16 heavy (non-hydrogen) atoms. The highest BCUT2D eigenvalue weighted by atomic mass is 16.5. The van der Waals surface area contributed by atoms with Crippen LogP contribution in [0.3, 0.4) is 0 Å². The molecule has 5 heteroatoms. The molecule has 1 aliphatic rings. The Hall–Kier alpha value is -1.66. The van der Waals surface area contributed by atoms with Crippen molar-refractivity contribution in [3.63, 3.8) is 0 Å². The summed E-state index contributed by atoms with van der Waals surface area (Å²) in [5.41, 5.74) is -0.659. The van der Waals surface area contributed by atoms with Crippen molar-refractivity contribution in [3.05, 3.63) is 11.4 Å². The number of carbonyl (C=O) groups is 1. The molecule has 0 aromatic carbocycles. The third kappa shape index (κ3) is 2.47. The van der Waals surface area contributed by atoms with Gasteiger partial charge in [-0.25, -0.2) is 6.57 Å². The topological polar surface area (TPSA) is 64.8 Å². The molecule has 1 aliphatic carbocycles. The summed E-state index contributed by atoms with van der Waals surface area (Å²) in [5.74, 6) is -0.457. The Balaban J connectivity index is 0.000000673.